The maximum absolute atomic E-state index is 13.1. The Morgan fingerprint density at radius 3 is 2.00 bits per heavy atom. The number of fused-ring (bicyclic) bond motifs is 1. The van der Waals surface area contributed by atoms with Gasteiger partial charge in [-0.1, -0.05) is 13.8 Å². The second-order valence-electron chi connectivity index (χ2n) is 6.53. The van der Waals surface area contributed by atoms with Gasteiger partial charge >= 0.3 is 0 Å². The van der Waals surface area contributed by atoms with Crippen molar-refractivity contribution in [3.8, 4) is 0 Å². The molecule has 3 aromatic rings. The van der Waals surface area contributed by atoms with Crippen LogP contribution >= 0.6 is 0 Å². The zero-order chi connectivity index (χ0) is 20.7. The molecule has 3 rings (SSSR count). The molecule has 0 aliphatic rings. The molecule has 0 atom stereocenters. The molecule has 0 unspecified atom stereocenters. The zero-order valence-corrected chi connectivity index (χ0v) is 17.9. The van der Waals surface area contributed by atoms with Gasteiger partial charge < -0.3 is 0 Å². The molecule has 0 fully saturated rings. The van der Waals surface area contributed by atoms with Crippen molar-refractivity contribution in [2.24, 2.45) is 0 Å². The Kier molecular flexibility index (Phi) is 5.35. The summed E-state index contributed by atoms with van der Waals surface area (Å²) in [5.41, 5.74) is 3.07. The summed E-state index contributed by atoms with van der Waals surface area (Å²) in [6.45, 7) is 8.06. The number of aryl methyl sites for hydroxylation is 2. The Morgan fingerprint density at radius 1 is 0.893 bits per heavy atom. The minimum atomic E-state index is -3.90. The maximum Gasteiger partial charge on any atom is 0.269 e. The van der Waals surface area contributed by atoms with Crippen LogP contribution in [0.15, 0.2) is 52.5 Å². The van der Waals surface area contributed by atoms with Crippen LogP contribution in [0.25, 0.3) is 11.0 Å². The fraction of sp³-hybridized carbons (Fsp3) is 0.316. The van der Waals surface area contributed by atoms with Crippen LogP contribution in [0.1, 0.15) is 25.0 Å². The quantitative estimate of drug-likeness (QED) is 0.610. The largest absolute Gasteiger partial charge is 0.269 e. The fourth-order valence-electron chi connectivity index (χ4n) is 3.04. The molecule has 0 aliphatic heterocycles. The van der Waals surface area contributed by atoms with Crippen LogP contribution in [0.2, 0.25) is 0 Å². The summed E-state index contributed by atoms with van der Waals surface area (Å²) in [6, 6.07) is 8.92. The lowest BCUT2D eigenvalue weighted by Gasteiger charge is -2.18. The highest BCUT2D eigenvalue weighted by Gasteiger charge is 2.24. The minimum absolute atomic E-state index is 0.00326. The Balaban J connectivity index is 2.06. The van der Waals surface area contributed by atoms with E-state index >= 15 is 0 Å². The maximum atomic E-state index is 13.1. The first-order valence-corrected chi connectivity index (χ1v) is 11.8. The summed E-state index contributed by atoms with van der Waals surface area (Å²) in [7, 11) is -7.54. The van der Waals surface area contributed by atoms with Gasteiger partial charge in [0.25, 0.3) is 10.0 Å². The third kappa shape index (κ3) is 3.34. The van der Waals surface area contributed by atoms with E-state index in [0.717, 1.165) is 15.1 Å². The highest BCUT2D eigenvalue weighted by Crippen LogP contribution is 2.24. The third-order valence-electron chi connectivity index (χ3n) is 4.85. The highest BCUT2D eigenvalue weighted by molar-refractivity contribution is 7.90. The number of imidazole rings is 1. The predicted molar refractivity (Wildman–Crippen MR) is 108 cm³/mol. The molecule has 0 saturated carbocycles. The summed E-state index contributed by atoms with van der Waals surface area (Å²) in [5.74, 6) is 0. The van der Waals surface area contributed by atoms with Crippen molar-refractivity contribution in [1.82, 2.24) is 13.3 Å². The molecule has 28 heavy (non-hydrogen) atoms. The molecule has 150 valence electrons. The number of sulfonamides is 1. The highest BCUT2D eigenvalue weighted by atomic mass is 32.2. The summed E-state index contributed by atoms with van der Waals surface area (Å²) in [6.07, 6.45) is 1.28. The van der Waals surface area contributed by atoms with E-state index < -0.39 is 20.0 Å². The molecule has 0 amide bonds. The predicted octanol–water partition coefficient (Wildman–Crippen LogP) is 2.92. The molecule has 0 aliphatic carbocycles. The lowest BCUT2D eigenvalue weighted by atomic mass is 10.1. The fourth-order valence-corrected chi connectivity index (χ4v) is 5.79. The topological polar surface area (TPSA) is 89.3 Å². The first-order chi connectivity index (χ1) is 13.1. The van der Waals surface area contributed by atoms with Crippen molar-refractivity contribution in [1.29, 1.82) is 0 Å². The Bertz CT molecular complexity index is 1220. The van der Waals surface area contributed by atoms with Gasteiger partial charge in [0.2, 0.25) is 10.0 Å². The smallest absolute Gasteiger partial charge is 0.236 e. The van der Waals surface area contributed by atoms with Gasteiger partial charge in [-0.05, 0) is 61.4 Å². The van der Waals surface area contributed by atoms with Crippen LogP contribution in [-0.2, 0) is 20.0 Å². The van der Waals surface area contributed by atoms with Gasteiger partial charge in [0.1, 0.15) is 6.33 Å². The molecule has 2 aromatic carbocycles. The van der Waals surface area contributed by atoms with Crippen molar-refractivity contribution in [3.05, 3.63) is 53.9 Å². The van der Waals surface area contributed by atoms with Gasteiger partial charge in [-0.3, -0.25) is 0 Å². The number of hydrogen-bond acceptors (Lipinski definition) is 5. The van der Waals surface area contributed by atoms with Crippen molar-refractivity contribution in [3.63, 3.8) is 0 Å². The van der Waals surface area contributed by atoms with Gasteiger partial charge in [0.15, 0.2) is 0 Å². The van der Waals surface area contributed by atoms with E-state index in [4.69, 9.17) is 0 Å². The van der Waals surface area contributed by atoms with E-state index in [0.29, 0.717) is 24.1 Å². The molecule has 0 bridgehead atoms. The average Bonchev–Trinajstić information content (AvgIpc) is 3.06. The van der Waals surface area contributed by atoms with E-state index in [1.54, 1.807) is 19.9 Å². The van der Waals surface area contributed by atoms with E-state index in [2.05, 4.69) is 4.98 Å². The van der Waals surface area contributed by atoms with Crippen molar-refractivity contribution in [2.45, 2.75) is 37.5 Å². The summed E-state index contributed by atoms with van der Waals surface area (Å²) < 4.78 is 53.8. The summed E-state index contributed by atoms with van der Waals surface area (Å²) in [5, 5.41) is 0. The normalized spacial score (nSPS) is 12.8. The number of nitrogens with zero attached hydrogens (tertiary/aromatic N) is 3. The first-order valence-electron chi connectivity index (χ1n) is 8.93. The van der Waals surface area contributed by atoms with Gasteiger partial charge in [0.05, 0.1) is 20.8 Å². The minimum Gasteiger partial charge on any atom is -0.236 e. The molecule has 0 N–H and O–H groups in total. The van der Waals surface area contributed by atoms with Crippen LogP contribution in [0, 0.1) is 13.8 Å². The lowest BCUT2D eigenvalue weighted by Crippen LogP contribution is -2.30. The SMILES string of the molecule is CCN(CC)S(=O)(=O)c1ccc(S(=O)(=O)n2cnc3cc(C)c(C)cc32)cc1. The third-order valence-corrected chi connectivity index (χ3v) is 8.59. The molecule has 0 radical (unpaired) electrons. The van der Waals surface area contributed by atoms with E-state index in [1.165, 1.54) is 34.9 Å². The number of hydrogen-bond donors (Lipinski definition) is 0. The van der Waals surface area contributed by atoms with E-state index in [1.807, 2.05) is 19.9 Å². The first kappa shape index (κ1) is 20.5. The lowest BCUT2D eigenvalue weighted by molar-refractivity contribution is 0.445. The van der Waals surface area contributed by atoms with Crippen LogP contribution in [0.3, 0.4) is 0 Å². The van der Waals surface area contributed by atoms with Crippen LogP contribution in [0.5, 0.6) is 0 Å². The molecule has 7 nitrogen and oxygen atoms in total. The van der Waals surface area contributed by atoms with Crippen molar-refractivity contribution in [2.75, 3.05) is 13.1 Å². The Morgan fingerprint density at radius 2 is 1.43 bits per heavy atom. The Labute approximate surface area is 165 Å². The van der Waals surface area contributed by atoms with E-state index in [-0.39, 0.29) is 9.79 Å². The van der Waals surface area contributed by atoms with Crippen LogP contribution in [0.4, 0.5) is 0 Å². The van der Waals surface area contributed by atoms with Gasteiger partial charge in [-0.15, -0.1) is 0 Å². The van der Waals surface area contributed by atoms with Crippen LogP contribution < -0.4 is 0 Å². The molecule has 1 heterocycles. The average molecular weight is 422 g/mol. The van der Waals surface area contributed by atoms with E-state index in [9.17, 15) is 16.8 Å². The standard InChI is InChI=1S/C19H23N3O4S2/c1-5-21(6-2)27(23,24)16-7-9-17(10-8-16)28(25,26)22-13-20-18-11-14(3)15(4)12-19(18)22/h7-13H,5-6H2,1-4H3. The van der Waals surface area contributed by atoms with Crippen molar-refractivity contribution >= 4 is 31.1 Å². The van der Waals surface area contributed by atoms with Crippen molar-refractivity contribution < 1.29 is 16.8 Å². The molecule has 0 spiro atoms. The summed E-state index contributed by atoms with van der Waals surface area (Å²) in [4.78, 5) is 4.27. The number of aromatic nitrogens is 2. The second-order valence-corrected chi connectivity index (χ2v) is 10.3. The summed E-state index contributed by atoms with van der Waals surface area (Å²) >= 11 is 0. The number of rotatable bonds is 6. The van der Waals surface area contributed by atoms with Gasteiger partial charge in [0, 0.05) is 13.1 Å². The molecular formula is C19H23N3O4S2. The van der Waals surface area contributed by atoms with Crippen LogP contribution in [-0.4, -0.2) is 43.2 Å². The molecule has 1 aromatic heterocycles. The monoisotopic (exact) mass is 421 g/mol. The zero-order valence-electron chi connectivity index (χ0n) is 16.2. The second kappa shape index (κ2) is 7.31. The van der Waals surface area contributed by atoms with Gasteiger partial charge in [-0.25, -0.2) is 25.8 Å². The number of benzene rings is 2. The molecule has 9 heteroatoms. The molecular weight excluding hydrogens is 398 g/mol. The Hall–Kier alpha value is -2.23. The molecule has 0 saturated heterocycles. The van der Waals surface area contributed by atoms with Gasteiger partial charge in [-0.2, -0.15) is 4.31 Å².